The van der Waals surface area contributed by atoms with Crippen LogP contribution in [0.2, 0.25) is 0 Å². The van der Waals surface area contributed by atoms with Crippen LogP contribution >= 0.6 is 12.2 Å². The van der Waals surface area contributed by atoms with Gasteiger partial charge in [0.2, 0.25) is 5.91 Å². The molecule has 1 aromatic carbocycles. The van der Waals surface area contributed by atoms with Gasteiger partial charge in [0.05, 0.1) is 17.0 Å². The van der Waals surface area contributed by atoms with Crippen LogP contribution in [-0.2, 0) is 9.59 Å². The Morgan fingerprint density at radius 2 is 1.93 bits per heavy atom. The number of rotatable bonds is 1. The average Bonchev–Trinajstić information content (AvgIpc) is 2.43. The van der Waals surface area contributed by atoms with Gasteiger partial charge in [0, 0.05) is 0 Å². The molecule has 0 aromatic heterocycles. The largest absolute Gasteiger partial charge is 0.274 e. The molecule has 1 aromatic rings. The van der Waals surface area contributed by atoms with E-state index in [0.717, 1.165) is 4.90 Å². The highest BCUT2D eigenvalue weighted by atomic mass is 32.1. The molecule has 3 nitrogen and oxygen atoms in total. The monoisotopic (exact) mass is 223 g/mol. The maximum absolute atomic E-state index is 13.3. The van der Waals surface area contributed by atoms with Crippen molar-refractivity contribution < 1.29 is 14.0 Å². The van der Waals surface area contributed by atoms with E-state index < -0.39 is 17.6 Å². The molecular weight excluding hydrogens is 217 g/mol. The molecule has 15 heavy (non-hydrogen) atoms. The average molecular weight is 223 g/mol. The molecule has 76 valence electrons. The number of thiocarbonyl (C=S) groups is 1. The minimum Gasteiger partial charge on any atom is -0.274 e. The number of nitrogens with zero attached hydrogens (tertiary/aromatic N) is 1. The summed E-state index contributed by atoms with van der Waals surface area (Å²) in [6, 6.07) is 5.61. The fourth-order valence-corrected chi connectivity index (χ4v) is 1.62. The van der Waals surface area contributed by atoms with Crippen LogP contribution in [0, 0.1) is 5.82 Å². The van der Waals surface area contributed by atoms with E-state index in [1.54, 1.807) is 6.07 Å². The maximum atomic E-state index is 13.3. The number of hydrogen-bond acceptors (Lipinski definition) is 3. The Bertz CT molecular complexity index is 472. The van der Waals surface area contributed by atoms with E-state index in [9.17, 15) is 14.0 Å². The molecule has 0 radical (unpaired) electrons. The molecule has 1 aliphatic rings. The third kappa shape index (κ3) is 1.55. The van der Waals surface area contributed by atoms with Crippen molar-refractivity contribution in [1.29, 1.82) is 0 Å². The number of halogens is 1. The molecule has 2 rings (SSSR count). The van der Waals surface area contributed by atoms with Gasteiger partial charge in [-0.05, 0) is 12.1 Å². The first-order valence-corrected chi connectivity index (χ1v) is 4.66. The highest BCUT2D eigenvalue weighted by molar-refractivity contribution is 7.82. The van der Waals surface area contributed by atoms with Crippen LogP contribution in [0.5, 0.6) is 0 Å². The molecule has 1 fully saturated rings. The van der Waals surface area contributed by atoms with Crippen molar-refractivity contribution in [2.45, 2.75) is 6.42 Å². The highest BCUT2D eigenvalue weighted by Gasteiger charge is 2.36. The number of carbonyl (C=O) groups excluding carboxylic acids is 2. The summed E-state index contributed by atoms with van der Waals surface area (Å²) in [6.45, 7) is 0. The second-order valence-corrected chi connectivity index (χ2v) is 3.58. The highest BCUT2D eigenvalue weighted by Crippen LogP contribution is 2.24. The predicted octanol–water partition coefficient (Wildman–Crippen LogP) is 1.46. The van der Waals surface area contributed by atoms with Gasteiger partial charge < -0.3 is 0 Å². The normalized spacial score (nSPS) is 16.3. The second-order valence-electron chi connectivity index (χ2n) is 3.09. The van der Waals surface area contributed by atoms with Gasteiger partial charge in [-0.2, -0.15) is 0 Å². The number of imide groups is 1. The van der Waals surface area contributed by atoms with E-state index in [-0.39, 0.29) is 17.0 Å². The summed E-state index contributed by atoms with van der Waals surface area (Å²) in [5.41, 5.74) is -0.0349. The predicted molar refractivity (Wildman–Crippen MR) is 56.1 cm³/mol. The van der Waals surface area contributed by atoms with Crippen LogP contribution in [0.15, 0.2) is 24.3 Å². The minimum absolute atomic E-state index is 0.0308. The first kappa shape index (κ1) is 9.92. The molecule has 1 aliphatic heterocycles. The maximum Gasteiger partial charge on any atom is 0.272 e. The molecule has 0 N–H and O–H groups in total. The first-order chi connectivity index (χ1) is 7.11. The number of carbonyl (C=O) groups is 2. The number of para-hydroxylation sites is 1. The zero-order valence-electron chi connectivity index (χ0n) is 7.57. The van der Waals surface area contributed by atoms with Gasteiger partial charge in [-0.25, -0.2) is 9.29 Å². The molecule has 0 bridgehead atoms. The van der Waals surface area contributed by atoms with Gasteiger partial charge in [0.1, 0.15) is 5.82 Å². The van der Waals surface area contributed by atoms with Crippen molar-refractivity contribution in [3.8, 4) is 0 Å². The molecule has 5 heteroatoms. The Labute approximate surface area is 90.5 Å². The lowest BCUT2D eigenvalue weighted by Crippen LogP contribution is -2.30. The van der Waals surface area contributed by atoms with Crippen LogP contribution in [0.4, 0.5) is 10.1 Å². The number of hydrogen-bond donors (Lipinski definition) is 0. The zero-order valence-corrected chi connectivity index (χ0v) is 8.38. The van der Waals surface area contributed by atoms with Crippen LogP contribution in [0.3, 0.4) is 0 Å². The van der Waals surface area contributed by atoms with Crippen molar-refractivity contribution in [3.05, 3.63) is 30.1 Å². The summed E-state index contributed by atoms with van der Waals surface area (Å²) < 4.78 is 13.3. The number of anilines is 1. The minimum atomic E-state index is -0.607. The molecule has 0 saturated carbocycles. The topological polar surface area (TPSA) is 37.4 Å². The van der Waals surface area contributed by atoms with Gasteiger partial charge in [-0.3, -0.25) is 9.59 Å². The van der Waals surface area contributed by atoms with Crippen molar-refractivity contribution in [2.24, 2.45) is 0 Å². The van der Waals surface area contributed by atoms with E-state index in [0.29, 0.717) is 0 Å². The fraction of sp³-hybridized carbons (Fsp3) is 0.100. The molecule has 0 spiro atoms. The number of amides is 2. The molecule has 1 saturated heterocycles. The molecule has 0 unspecified atom stereocenters. The standard InChI is InChI=1S/C10H6FNO2S/c11-6-3-1-2-4-7(6)12-9(13)5-8(15)10(12)14/h1-4H,5H2. The summed E-state index contributed by atoms with van der Waals surface area (Å²) in [6.07, 6.45) is -0.109. The van der Waals surface area contributed by atoms with Gasteiger partial charge in [0.15, 0.2) is 0 Å². The van der Waals surface area contributed by atoms with Gasteiger partial charge in [-0.15, -0.1) is 0 Å². The van der Waals surface area contributed by atoms with Crippen molar-refractivity contribution in [1.82, 2.24) is 0 Å². The van der Waals surface area contributed by atoms with Crippen molar-refractivity contribution in [2.75, 3.05) is 4.90 Å². The van der Waals surface area contributed by atoms with E-state index >= 15 is 0 Å². The summed E-state index contributed by atoms with van der Waals surface area (Å²) in [7, 11) is 0. The van der Waals surface area contributed by atoms with Crippen LogP contribution in [0.1, 0.15) is 6.42 Å². The summed E-state index contributed by atoms with van der Waals surface area (Å²) in [4.78, 5) is 23.7. The van der Waals surface area contributed by atoms with Crippen molar-refractivity contribution in [3.63, 3.8) is 0 Å². The quantitative estimate of drug-likeness (QED) is 0.534. The Morgan fingerprint density at radius 1 is 1.27 bits per heavy atom. The zero-order chi connectivity index (χ0) is 11.0. The summed E-state index contributed by atoms with van der Waals surface area (Å²) >= 11 is 4.70. The molecule has 2 amide bonds. The third-order valence-electron chi connectivity index (χ3n) is 2.10. The van der Waals surface area contributed by atoms with E-state index in [1.807, 2.05) is 0 Å². The first-order valence-electron chi connectivity index (χ1n) is 4.26. The lowest BCUT2D eigenvalue weighted by atomic mass is 10.3. The van der Waals surface area contributed by atoms with Gasteiger partial charge in [-0.1, -0.05) is 24.4 Å². The Kier molecular flexibility index (Phi) is 2.32. The Hall–Kier alpha value is -1.62. The molecule has 1 heterocycles. The third-order valence-corrected chi connectivity index (χ3v) is 2.42. The van der Waals surface area contributed by atoms with E-state index in [1.165, 1.54) is 18.2 Å². The lowest BCUT2D eigenvalue weighted by Gasteiger charge is -2.13. The lowest BCUT2D eigenvalue weighted by molar-refractivity contribution is -0.120. The van der Waals surface area contributed by atoms with Gasteiger partial charge in [0.25, 0.3) is 5.91 Å². The summed E-state index contributed by atoms with van der Waals surface area (Å²) in [5.74, 6) is -1.68. The fourth-order valence-electron chi connectivity index (χ4n) is 1.41. The molecule has 0 atom stereocenters. The Balaban J connectivity index is 2.48. The molecular formula is C10H6FNO2S. The molecule has 0 aliphatic carbocycles. The van der Waals surface area contributed by atoms with Gasteiger partial charge >= 0.3 is 0 Å². The smallest absolute Gasteiger partial charge is 0.272 e. The SMILES string of the molecule is O=C1CC(=S)C(=O)N1c1ccccc1F. The second kappa shape index (κ2) is 3.51. The van der Waals surface area contributed by atoms with Crippen LogP contribution in [-0.4, -0.2) is 16.7 Å². The number of benzene rings is 1. The summed E-state index contributed by atoms with van der Waals surface area (Å²) in [5, 5.41) is 0. The van der Waals surface area contributed by atoms with Crippen LogP contribution < -0.4 is 4.90 Å². The van der Waals surface area contributed by atoms with Crippen LogP contribution in [0.25, 0.3) is 0 Å². The Morgan fingerprint density at radius 3 is 2.47 bits per heavy atom. The van der Waals surface area contributed by atoms with E-state index in [2.05, 4.69) is 0 Å². The van der Waals surface area contributed by atoms with E-state index in [4.69, 9.17) is 12.2 Å². The van der Waals surface area contributed by atoms with Crippen molar-refractivity contribution >= 4 is 34.6 Å².